The van der Waals surface area contributed by atoms with E-state index in [0.29, 0.717) is 17.4 Å². The Morgan fingerprint density at radius 1 is 1.21 bits per heavy atom. The highest BCUT2D eigenvalue weighted by molar-refractivity contribution is 7.80. The van der Waals surface area contributed by atoms with Crippen LogP contribution in [0.2, 0.25) is 0 Å². The van der Waals surface area contributed by atoms with Gasteiger partial charge < -0.3 is 10.1 Å². The number of thiocarbonyl (C=S) groups is 1. The second-order valence-corrected chi connectivity index (χ2v) is 5.93. The normalized spacial score (nSPS) is 11.4. The third kappa shape index (κ3) is 5.24. The largest absolute Gasteiger partial charge is 0.481 e. The van der Waals surface area contributed by atoms with Crippen LogP contribution in [0.1, 0.15) is 13.8 Å². The van der Waals surface area contributed by atoms with Gasteiger partial charge in [-0.05, 0) is 49.0 Å². The van der Waals surface area contributed by atoms with Crippen molar-refractivity contribution in [3.05, 3.63) is 54.6 Å². The number of fused-ring (bicyclic) bond motifs is 1. The fourth-order valence-corrected chi connectivity index (χ4v) is 2.12. The molecule has 1 atom stereocenters. The van der Waals surface area contributed by atoms with E-state index in [0.717, 1.165) is 16.3 Å². The van der Waals surface area contributed by atoms with Crippen LogP contribution in [0, 0.1) is 0 Å². The smallest absolute Gasteiger partial charge is 0.279 e. The highest BCUT2D eigenvalue weighted by Crippen LogP contribution is 2.21. The molecule has 0 spiro atoms. The minimum absolute atomic E-state index is 0.317. The minimum atomic E-state index is -0.664. The van der Waals surface area contributed by atoms with Gasteiger partial charge in [-0.1, -0.05) is 42.5 Å². The average Bonchev–Trinajstić information content (AvgIpc) is 2.57. The molecule has 0 aromatic heterocycles. The van der Waals surface area contributed by atoms with Crippen molar-refractivity contribution in [3.63, 3.8) is 0 Å². The van der Waals surface area contributed by atoms with Crippen LogP contribution in [0.3, 0.4) is 0 Å². The average molecular weight is 343 g/mol. The Balaban J connectivity index is 1.86. The van der Waals surface area contributed by atoms with Crippen molar-refractivity contribution in [2.45, 2.75) is 20.0 Å². The van der Waals surface area contributed by atoms with Gasteiger partial charge in [-0.2, -0.15) is 0 Å². The summed E-state index contributed by atoms with van der Waals surface area (Å²) in [4.78, 5) is 12.0. The van der Waals surface area contributed by atoms with Gasteiger partial charge >= 0.3 is 0 Å². The van der Waals surface area contributed by atoms with Crippen LogP contribution in [0.4, 0.5) is 0 Å². The zero-order chi connectivity index (χ0) is 17.5. The van der Waals surface area contributed by atoms with E-state index in [4.69, 9.17) is 17.0 Å². The zero-order valence-corrected chi connectivity index (χ0v) is 14.6. The maximum absolute atomic E-state index is 12.0. The molecule has 126 valence electrons. The number of rotatable bonds is 5. The van der Waals surface area contributed by atoms with Crippen LogP contribution in [0.5, 0.6) is 5.75 Å². The molecule has 0 saturated heterocycles. The quantitative estimate of drug-likeness (QED) is 0.443. The lowest BCUT2D eigenvalue weighted by Crippen LogP contribution is -2.50. The Labute approximate surface area is 147 Å². The van der Waals surface area contributed by atoms with Gasteiger partial charge in [0.05, 0.1) is 0 Å². The lowest BCUT2D eigenvalue weighted by molar-refractivity contribution is -0.127. The lowest BCUT2D eigenvalue weighted by Gasteiger charge is -2.16. The van der Waals surface area contributed by atoms with Gasteiger partial charge in [0.25, 0.3) is 5.91 Å². The van der Waals surface area contributed by atoms with Gasteiger partial charge in [-0.3, -0.25) is 15.6 Å². The van der Waals surface area contributed by atoms with Gasteiger partial charge in [-0.25, -0.2) is 0 Å². The Kier molecular flexibility index (Phi) is 6.14. The monoisotopic (exact) mass is 343 g/mol. The minimum Gasteiger partial charge on any atom is -0.481 e. The van der Waals surface area contributed by atoms with Crippen molar-refractivity contribution < 1.29 is 9.53 Å². The summed E-state index contributed by atoms with van der Waals surface area (Å²) < 4.78 is 5.68. The summed E-state index contributed by atoms with van der Waals surface area (Å²) in [7, 11) is 0. The Hall–Kier alpha value is -2.60. The molecule has 0 aliphatic carbocycles. The predicted molar refractivity (Wildman–Crippen MR) is 101 cm³/mol. The van der Waals surface area contributed by atoms with Crippen LogP contribution in [-0.4, -0.2) is 23.7 Å². The first-order chi connectivity index (χ1) is 11.5. The zero-order valence-electron chi connectivity index (χ0n) is 13.8. The van der Waals surface area contributed by atoms with Crippen molar-refractivity contribution in [1.29, 1.82) is 0 Å². The first kappa shape index (κ1) is 17.7. The Morgan fingerprint density at radius 2 is 1.92 bits per heavy atom. The summed E-state index contributed by atoms with van der Waals surface area (Å²) in [6.07, 6.45) is -0.664. The van der Waals surface area contributed by atoms with Crippen molar-refractivity contribution in [3.8, 4) is 5.75 Å². The van der Waals surface area contributed by atoms with Crippen LogP contribution in [-0.2, 0) is 4.79 Å². The van der Waals surface area contributed by atoms with Crippen LogP contribution >= 0.6 is 12.2 Å². The maximum Gasteiger partial charge on any atom is 0.279 e. The molecular formula is C18H21N3O2S. The molecule has 2 aromatic carbocycles. The highest BCUT2D eigenvalue weighted by atomic mass is 32.1. The van der Waals surface area contributed by atoms with Crippen LogP contribution in [0.15, 0.2) is 54.6 Å². The Morgan fingerprint density at radius 3 is 2.62 bits per heavy atom. The molecule has 0 aliphatic rings. The molecule has 1 amide bonds. The fraction of sp³-hybridized carbons (Fsp3) is 0.222. The fourth-order valence-electron chi connectivity index (χ4n) is 1.99. The first-order valence-corrected chi connectivity index (χ1v) is 8.00. The first-order valence-electron chi connectivity index (χ1n) is 7.59. The van der Waals surface area contributed by atoms with Crippen LogP contribution in [0.25, 0.3) is 10.8 Å². The molecule has 2 aromatic rings. The summed E-state index contributed by atoms with van der Waals surface area (Å²) in [6.45, 7) is 7.87. The second kappa shape index (κ2) is 8.31. The van der Waals surface area contributed by atoms with E-state index in [1.807, 2.05) is 49.4 Å². The molecule has 0 bridgehead atoms. The van der Waals surface area contributed by atoms with Crippen molar-refractivity contribution in [1.82, 2.24) is 16.2 Å². The molecule has 0 heterocycles. The number of carbonyl (C=O) groups excluding carboxylic acids is 1. The molecule has 3 N–H and O–H groups in total. The van der Waals surface area contributed by atoms with Crippen molar-refractivity contribution in [2.75, 3.05) is 6.54 Å². The summed E-state index contributed by atoms with van der Waals surface area (Å²) in [5.41, 5.74) is 6.09. The van der Waals surface area contributed by atoms with E-state index in [-0.39, 0.29) is 5.91 Å². The van der Waals surface area contributed by atoms with E-state index in [1.165, 1.54) is 0 Å². The standard InChI is InChI=1S/C18H21N3O2S/c1-12(2)11-19-18(24)21-20-17(22)13(3)23-16-9-8-14-6-4-5-7-15(14)10-16/h4-10,13H,1,11H2,2-3H3,(H,20,22)(H2,19,21,24)/t13-/m1/s1. The number of hydrogen-bond acceptors (Lipinski definition) is 3. The predicted octanol–water partition coefficient (Wildman–Crippen LogP) is 2.68. The maximum atomic E-state index is 12.0. The summed E-state index contributed by atoms with van der Waals surface area (Å²) in [6, 6.07) is 13.7. The summed E-state index contributed by atoms with van der Waals surface area (Å²) >= 11 is 5.04. The van der Waals surface area contributed by atoms with Gasteiger partial charge in [0.2, 0.25) is 0 Å². The van der Waals surface area contributed by atoms with Gasteiger partial charge in [0.1, 0.15) is 5.75 Å². The molecule has 0 aliphatic heterocycles. The molecule has 6 heteroatoms. The number of nitrogens with one attached hydrogen (secondary N) is 3. The molecule has 0 radical (unpaired) electrons. The van der Waals surface area contributed by atoms with Crippen molar-refractivity contribution >= 4 is 34.0 Å². The number of hydrogen-bond donors (Lipinski definition) is 3. The SMILES string of the molecule is C=C(C)CNC(=S)NNC(=O)[C@@H](C)Oc1ccc2ccccc2c1. The Bertz CT molecular complexity index is 761. The van der Waals surface area contributed by atoms with E-state index < -0.39 is 6.10 Å². The number of benzene rings is 2. The summed E-state index contributed by atoms with van der Waals surface area (Å²) in [5, 5.41) is 5.42. The number of hydrazine groups is 1. The third-order valence-corrected chi connectivity index (χ3v) is 3.50. The van der Waals surface area contributed by atoms with E-state index in [9.17, 15) is 4.79 Å². The molecule has 24 heavy (non-hydrogen) atoms. The molecule has 0 fully saturated rings. The van der Waals surface area contributed by atoms with Gasteiger partial charge in [0, 0.05) is 6.54 Å². The summed E-state index contributed by atoms with van der Waals surface area (Å²) in [5.74, 6) is 0.321. The third-order valence-electron chi connectivity index (χ3n) is 3.25. The molecule has 5 nitrogen and oxygen atoms in total. The second-order valence-electron chi connectivity index (χ2n) is 5.52. The number of carbonyl (C=O) groups is 1. The molecule has 2 rings (SSSR count). The van der Waals surface area contributed by atoms with Gasteiger partial charge in [-0.15, -0.1) is 0 Å². The van der Waals surface area contributed by atoms with E-state index >= 15 is 0 Å². The molecular weight excluding hydrogens is 322 g/mol. The highest BCUT2D eigenvalue weighted by Gasteiger charge is 2.14. The number of ether oxygens (including phenoxy) is 1. The van der Waals surface area contributed by atoms with E-state index in [2.05, 4.69) is 22.7 Å². The molecule has 0 saturated carbocycles. The van der Waals surface area contributed by atoms with Crippen molar-refractivity contribution in [2.24, 2.45) is 0 Å². The van der Waals surface area contributed by atoms with Crippen LogP contribution < -0.4 is 20.9 Å². The lowest BCUT2D eigenvalue weighted by atomic mass is 10.1. The van der Waals surface area contributed by atoms with E-state index in [1.54, 1.807) is 6.92 Å². The topological polar surface area (TPSA) is 62.4 Å². The molecule has 0 unspecified atom stereocenters. The number of amides is 1. The van der Waals surface area contributed by atoms with Gasteiger partial charge in [0.15, 0.2) is 11.2 Å².